The Kier molecular flexibility index (Phi) is 5.30. The predicted molar refractivity (Wildman–Crippen MR) is 102 cm³/mol. The van der Waals surface area contributed by atoms with Crippen LogP contribution in [-0.2, 0) is 0 Å². The Labute approximate surface area is 159 Å². The van der Waals surface area contributed by atoms with Crippen molar-refractivity contribution in [3.05, 3.63) is 81.7 Å². The maximum Gasteiger partial charge on any atom is 0.291 e. The molecule has 0 unspecified atom stereocenters. The van der Waals surface area contributed by atoms with E-state index in [4.69, 9.17) is 27.6 Å². The number of benzene rings is 2. The van der Waals surface area contributed by atoms with Gasteiger partial charge in [0.1, 0.15) is 0 Å². The minimum absolute atomic E-state index is 0.185. The van der Waals surface area contributed by atoms with E-state index in [0.717, 1.165) is 5.56 Å². The first-order valence-electron chi connectivity index (χ1n) is 7.66. The van der Waals surface area contributed by atoms with Crippen LogP contribution in [0.25, 0.3) is 0 Å². The Hall–Kier alpha value is -2.76. The van der Waals surface area contributed by atoms with Crippen LogP contribution < -0.4 is 10.6 Å². The number of rotatable bonds is 4. The lowest BCUT2D eigenvalue weighted by Gasteiger charge is -2.11. The fourth-order valence-corrected chi connectivity index (χ4v) is 2.63. The molecule has 0 saturated heterocycles. The third-order valence-electron chi connectivity index (χ3n) is 3.69. The van der Waals surface area contributed by atoms with E-state index in [1.807, 2.05) is 6.92 Å². The molecule has 0 fully saturated rings. The first-order valence-corrected chi connectivity index (χ1v) is 8.42. The highest BCUT2D eigenvalue weighted by Crippen LogP contribution is 2.30. The number of aryl methyl sites for hydroxylation is 1. The maximum atomic E-state index is 12.5. The fourth-order valence-electron chi connectivity index (χ4n) is 2.28. The van der Waals surface area contributed by atoms with Gasteiger partial charge in [-0.1, -0.05) is 35.3 Å². The van der Waals surface area contributed by atoms with Gasteiger partial charge in [0, 0.05) is 11.3 Å². The predicted octanol–water partition coefficient (Wildman–Crippen LogP) is 5.40. The van der Waals surface area contributed by atoms with Crippen molar-refractivity contribution in [2.24, 2.45) is 0 Å². The summed E-state index contributed by atoms with van der Waals surface area (Å²) in [5.74, 6) is -0.582. The summed E-state index contributed by atoms with van der Waals surface area (Å²) >= 11 is 12.0. The van der Waals surface area contributed by atoms with Crippen LogP contribution in [0.3, 0.4) is 0 Å². The monoisotopic (exact) mass is 388 g/mol. The van der Waals surface area contributed by atoms with Crippen LogP contribution in [-0.4, -0.2) is 11.8 Å². The van der Waals surface area contributed by atoms with E-state index < -0.39 is 5.91 Å². The number of hydrogen-bond acceptors (Lipinski definition) is 3. The van der Waals surface area contributed by atoms with Gasteiger partial charge in [0.15, 0.2) is 5.76 Å². The Balaban J connectivity index is 1.81. The van der Waals surface area contributed by atoms with Gasteiger partial charge in [-0.3, -0.25) is 9.59 Å². The number of halogens is 2. The molecule has 0 aliphatic rings. The molecule has 0 aliphatic heterocycles. The fraction of sp³-hybridized carbons (Fsp3) is 0.0526. The standard InChI is InChI=1S/C19H14Cl2N2O3/c1-11-7-8-12(10-15(11)23-19(25)16-6-3-9-26-16)18(24)22-14-5-2-4-13(20)17(14)21/h2-10H,1H3,(H,22,24)(H,23,25). The summed E-state index contributed by atoms with van der Waals surface area (Å²) in [4.78, 5) is 24.7. The van der Waals surface area contributed by atoms with Crippen molar-refractivity contribution in [1.82, 2.24) is 0 Å². The first kappa shape index (κ1) is 18.0. The molecule has 3 rings (SSSR count). The molecular formula is C19H14Cl2N2O3. The maximum absolute atomic E-state index is 12.5. The lowest BCUT2D eigenvalue weighted by atomic mass is 10.1. The average Bonchev–Trinajstić information content (AvgIpc) is 3.15. The van der Waals surface area contributed by atoms with Crippen LogP contribution in [0, 0.1) is 6.92 Å². The summed E-state index contributed by atoms with van der Waals surface area (Å²) in [5, 5.41) is 6.05. The molecule has 2 N–H and O–H groups in total. The molecule has 26 heavy (non-hydrogen) atoms. The van der Waals surface area contributed by atoms with Crippen LogP contribution in [0.1, 0.15) is 26.5 Å². The number of furan rings is 1. The smallest absolute Gasteiger partial charge is 0.291 e. The summed E-state index contributed by atoms with van der Waals surface area (Å²) < 4.78 is 5.07. The number of amides is 2. The minimum Gasteiger partial charge on any atom is -0.459 e. The van der Waals surface area contributed by atoms with Gasteiger partial charge in [0.2, 0.25) is 0 Å². The van der Waals surface area contributed by atoms with E-state index in [2.05, 4.69) is 10.6 Å². The van der Waals surface area contributed by atoms with Crippen LogP contribution in [0.5, 0.6) is 0 Å². The summed E-state index contributed by atoms with van der Waals surface area (Å²) in [6.07, 6.45) is 1.42. The van der Waals surface area contributed by atoms with Gasteiger partial charge < -0.3 is 15.1 Å². The Morgan fingerprint density at radius 1 is 0.923 bits per heavy atom. The Morgan fingerprint density at radius 3 is 2.42 bits per heavy atom. The lowest BCUT2D eigenvalue weighted by molar-refractivity contribution is 0.0993. The molecule has 1 heterocycles. The molecule has 3 aromatic rings. The molecule has 132 valence electrons. The van der Waals surface area contributed by atoms with Crippen molar-refractivity contribution in [2.45, 2.75) is 6.92 Å². The number of hydrogen-bond donors (Lipinski definition) is 2. The zero-order chi connectivity index (χ0) is 18.7. The van der Waals surface area contributed by atoms with Crippen LogP contribution in [0.4, 0.5) is 11.4 Å². The van der Waals surface area contributed by atoms with Crippen molar-refractivity contribution >= 4 is 46.4 Å². The van der Waals surface area contributed by atoms with E-state index in [1.54, 1.807) is 48.5 Å². The van der Waals surface area contributed by atoms with Crippen molar-refractivity contribution in [3.8, 4) is 0 Å². The molecule has 2 aromatic carbocycles. The molecule has 0 saturated carbocycles. The molecule has 5 nitrogen and oxygen atoms in total. The number of nitrogens with one attached hydrogen (secondary N) is 2. The highest BCUT2D eigenvalue weighted by atomic mass is 35.5. The summed E-state index contributed by atoms with van der Waals surface area (Å²) in [5.41, 5.74) is 2.09. The second-order valence-electron chi connectivity index (χ2n) is 5.52. The molecule has 0 atom stereocenters. The number of anilines is 2. The van der Waals surface area contributed by atoms with Crippen molar-refractivity contribution in [3.63, 3.8) is 0 Å². The molecular weight excluding hydrogens is 375 g/mol. The van der Waals surface area contributed by atoms with Gasteiger partial charge >= 0.3 is 0 Å². The molecule has 0 radical (unpaired) electrons. The van der Waals surface area contributed by atoms with Crippen LogP contribution >= 0.6 is 23.2 Å². The zero-order valence-corrected chi connectivity index (χ0v) is 15.2. The van der Waals surface area contributed by atoms with E-state index in [1.165, 1.54) is 6.26 Å². The molecule has 0 aliphatic carbocycles. The molecule has 7 heteroatoms. The van der Waals surface area contributed by atoms with Crippen LogP contribution in [0.2, 0.25) is 10.0 Å². The third-order valence-corrected chi connectivity index (χ3v) is 4.51. The second-order valence-corrected chi connectivity index (χ2v) is 6.30. The third kappa shape index (κ3) is 3.90. The number of carbonyl (C=O) groups excluding carboxylic acids is 2. The quantitative estimate of drug-likeness (QED) is 0.628. The largest absolute Gasteiger partial charge is 0.459 e. The van der Waals surface area contributed by atoms with Crippen molar-refractivity contribution in [2.75, 3.05) is 10.6 Å². The average molecular weight is 389 g/mol. The summed E-state index contributed by atoms with van der Waals surface area (Å²) in [6.45, 7) is 1.83. The highest BCUT2D eigenvalue weighted by Gasteiger charge is 2.14. The van der Waals surface area contributed by atoms with E-state index in [0.29, 0.717) is 22.0 Å². The second kappa shape index (κ2) is 7.64. The van der Waals surface area contributed by atoms with Gasteiger partial charge in [-0.25, -0.2) is 0 Å². The summed E-state index contributed by atoms with van der Waals surface area (Å²) in [7, 11) is 0. The molecule has 0 spiro atoms. The zero-order valence-electron chi connectivity index (χ0n) is 13.7. The van der Waals surface area contributed by atoms with Gasteiger partial charge in [0.05, 0.1) is 22.0 Å². The van der Waals surface area contributed by atoms with Gasteiger partial charge in [-0.05, 0) is 48.9 Å². The first-order chi connectivity index (χ1) is 12.5. The van der Waals surface area contributed by atoms with Crippen molar-refractivity contribution < 1.29 is 14.0 Å². The topological polar surface area (TPSA) is 71.3 Å². The van der Waals surface area contributed by atoms with E-state index >= 15 is 0 Å². The van der Waals surface area contributed by atoms with E-state index in [9.17, 15) is 9.59 Å². The summed E-state index contributed by atoms with van der Waals surface area (Å²) in [6, 6.07) is 13.1. The van der Waals surface area contributed by atoms with Gasteiger partial charge in [0.25, 0.3) is 11.8 Å². The molecule has 0 bridgehead atoms. The SMILES string of the molecule is Cc1ccc(C(=O)Nc2cccc(Cl)c2Cl)cc1NC(=O)c1ccco1. The van der Waals surface area contributed by atoms with Gasteiger partial charge in [-0.15, -0.1) is 0 Å². The Bertz CT molecular complexity index is 969. The van der Waals surface area contributed by atoms with Crippen molar-refractivity contribution in [1.29, 1.82) is 0 Å². The minimum atomic E-state index is -0.395. The lowest BCUT2D eigenvalue weighted by Crippen LogP contribution is -2.15. The Morgan fingerprint density at radius 2 is 1.69 bits per heavy atom. The normalized spacial score (nSPS) is 10.4. The highest BCUT2D eigenvalue weighted by molar-refractivity contribution is 6.44. The van der Waals surface area contributed by atoms with Gasteiger partial charge in [-0.2, -0.15) is 0 Å². The molecule has 2 amide bonds. The number of carbonyl (C=O) groups is 2. The molecule has 1 aromatic heterocycles. The van der Waals surface area contributed by atoms with E-state index in [-0.39, 0.29) is 16.7 Å². The van der Waals surface area contributed by atoms with Crippen LogP contribution in [0.15, 0.2) is 59.2 Å².